The Hall–Kier alpha value is -1.65. The molecule has 4 nitrogen and oxygen atoms in total. The highest BCUT2D eigenvalue weighted by Gasteiger charge is 2.12. The van der Waals surface area contributed by atoms with Gasteiger partial charge in [-0.1, -0.05) is 12.1 Å². The van der Waals surface area contributed by atoms with E-state index in [9.17, 15) is 0 Å². The summed E-state index contributed by atoms with van der Waals surface area (Å²) in [5.74, 6) is 0. The van der Waals surface area contributed by atoms with Crippen LogP contribution >= 0.6 is 0 Å². The summed E-state index contributed by atoms with van der Waals surface area (Å²) < 4.78 is 7.72. The van der Waals surface area contributed by atoms with E-state index >= 15 is 0 Å². The normalized spacial score (nSPS) is 19.1. The molecule has 1 fully saturated rings. The standard InChI is InChI=1S/C16H21N3O/c1-2-10-20-16(3-1)12-18-11-14-4-6-15(7-5-14)19-9-8-17-13-19/h4-9,13,16,18H,1-3,10-12H2. The van der Waals surface area contributed by atoms with Gasteiger partial charge in [-0.3, -0.25) is 0 Å². The minimum Gasteiger partial charge on any atom is -0.377 e. The number of hydrogen-bond acceptors (Lipinski definition) is 3. The predicted molar refractivity (Wildman–Crippen MR) is 78.9 cm³/mol. The van der Waals surface area contributed by atoms with Gasteiger partial charge in [-0.15, -0.1) is 0 Å². The molecule has 2 aromatic rings. The summed E-state index contributed by atoms with van der Waals surface area (Å²) in [5.41, 5.74) is 2.44. The van der Waals surface area contributed by atoms with E-state index in [0.717, 1.165) is 25.4 Å². The first-order valence-corrected chi connectivity index (χ1v) is 7.31. The first-order valence-electron chi connectivity index (χ1n) is 7.31. The molecule has 0 saturated carbocycles. The van der Waals surface area contributed by atoms with Crippen LogP contribution in [0.3, 0.4) is 0 Å². The first kappa shape index (κ1) is 13.3. The quantitative estimate of drug-likeness (QED) is 0.908. The molecule has 1 unspecified atom stereocenters. The molecule has 0 aliphatic carbocycles. The molecule has 20 heavy (non-hydrogen) atoms. The van der Waals surface area contributed by atoms with Gasteiger partial charge < -0.3 is 14.6 Å². The maximum atomic E-state index is 5.71. The molecule has 3 rings (SSSR count). The van der Waals surface area contributed by atoms with Crippen molar-refractivity contribution in [3.05, 3.63) is 48.5 Å². The van der Waals surface area contributed by atoms with Crippen molar-refractivity contribution in [1.82, 2.24) is 14.9 Å². The van der Waals surface area contributed by atoms with Crippen LogP contribution in [0.25, 0.3) is 5.69 Å². The van der Waals surface area contributed by atoms with E-state index in [1.165, 1.54) is 24.8 Å². The molecule has 2 heterocycles. The largest absolute Gasteiger partial charge is 0.377 e. The minimum absolute atomic E-state index is 0.397. The molecule has 0 amide bonds. The second-order valence-electron chi connectivity index (χ2n) is 5.26. The second-order valence-corrected chi connectivity index (χ2v) is 5.26. The van der Waals surface area contributed by atoms with E-state index in [0.29, 0.717) is 6.10 Å². The Balaban J connectivity index is 1.48. The first-order chi connectivity index (χ1) is 9.92. The molecule has 106 valence electrons. The highest BCUT2D eigenvalue weighted by atomic mass is 16.5. The summed E-state index contributed by atoms with van der Waals surface area (Å²) in [6.07, 6.45) is 9.65. The molecule has 4 heteroatoms. The average molecular weight is 271 g/mol. The lowest BCUT2D eigenvalue weighted by molar-refractivity contribution is 0.0168. The fourth-order valence-corrected chi connectivity index (χ4v) is 2.54. The Kier molecular flexibility index (Phi) is 4.46. The molecule has 1 aliphatic rings. The summed E-state index contributed by atoms with van der Waals surface area (Å²) in [6, 6.07) is 8.56. The van der Waals surface area contributed by atoms with Crippen molar-refractivity contribution in [3.63, 3.8) is 0 Å². The fraction of sp³-hybridized carbons (Fsp3) is 0.438. The fourth-order valence-electron chi connectivity index (χ4n) is 2.54. The SMILES string of the molecule is c1cn(-c2ccc(CNCC3CCCCO3)cc2)cn1. The molecule has 1 atom stereocenters. The summed E-state index contributed by atoms with van der Waals surface area (Å²) in [4.78, 5) is 4.06. The molecule has 1 aromatic carbocycles. The second kappa shape index (κ2) is 6.68. The molecule has 0 radical (unpaired) electrons. The highest BCUT2D eigenvalue weighted by Crippen LogP contribution is 2.12. The Morgan fingerprint density at radius 2 is 2.15 bits per heavy atom. The number of aromatic nitrogens is 2. The van der Waals surface area contributed by atoms with Crippen LogP contribution in [0.2, 0.25) is 0 Å². The van der Waals surface area contributed by atoms with E-state index in [-0.39, 0.29) is 0 Å². The number of nitrogens with one attached hydrogen (secondary N) is 1. The number of benzene rings is 1. The molecule has 1 N–H and O–H groups in total. The van der Waals surface area contributed by atoms with Crippen molar-refractivity contribution in [1.29, 1.82) is 0 Å². The Labute approximate surface area is 119 Å². The van der Waals surface area contributed by atoms with Gasteiger partial charge in [0, 0.05) is 37.8 Å². The van der Waals surface area contributed by atoms with Crippen LogP contribution in [0.5, 0.6) is 0 Å². The van der Waals surface area contributed by atoms with Gasteiger partial charge in [0.15, 0.2) is 0 Å². The zero-order valence-electron chi connectivity index (χ0n) is 11.7. The van der Waals surface area contributed by atoms with Crippen LogP contribution in [0, 0.1) is 0 Å². The zero-order chi connectivity index (χ0) is 13.6. The molecule has 1 aliphatic heterocycles. The molecule has 0 bridgehead atoms. The lowest BCUT2D eigenvalue weighted by Gasteiger charge is -2.22. The molecular formula is C16H21N3O. The monoisotopic (exact) mass is 271 g/mol. The third-order valence-corrected chi connectivity index (χ3v) is 3.71. The van der Waals surface area contributed by atoms with Gasteiger partial charge in [0.2, 0.25) is 0 Å². The van der Waals surface area contributed by atoms with Gasteiger partial charge in [0.25, 0.3) is 0 Å². The van der Waals surface area contributed by atoms with Gasteiger partial charge in [0.05, 0.1) is 12.4 Å². The van der Waals surface area contributed by atoms with E-state index in [1.54, 1.807) is 6.20 Å². The van der Waals surface area contributed by atoms with Crippen LogP contribution in [0.1, 0.15) is 24.8 Å². The molecule has 1 saturated heterocycles. The highest BCUT2D eigenvalue weighted by molar-refractivity contribution is 5.34. The van der Waals surface area contributed by atoms with Crippen LogP contribution in [0.4, 0.5) is 0 Å². The molecule has 0 spiro atoms. The summed E-state index contributed by atoms with van der Waals surface area (Å²) in [7, 11) is 0. The zero-order valence-corrected chi connectivity index (χ0v) is 11.7. The minimum atomic E-state index is 0.397. The third-order valence-electron chi connectivity index (χ3n) is 3.71. The van der Waals surface area contributed by atoms with E-state index in [2.05, 4.69) is 34.6 Å². The maximum absolute atomic E-state index is 5.71. The lowest BCUT2D eigenvalue weighted by Crippen LogP contribution is -2.31. The van der Waals surface area contributed by atoms with Crippen molar-refractivity contribution in [2.45, 2.75) is 31.9 Å². The smallest absolute Gasteiger partial charge is 0.0991 e. The van der Waals surface area contributed by atoms with Crippen molar-refractivity contribution in [3.8, 4) is 5.69 Å². The van der Waals surface area contributed by atoms with Crippen molar-refractivity contribution in [2.24, 2.45) is 0 Å². The summed E-state index contributed by atoms with van der Waals surface area (Å²) in [5, 5.41) is 3.48. The van der Waals surface area contributed by atoms with Crippen LogP contribution in [0.15, 0.2) is 43.0 Å². The van der Waals surface area contributed by atoms with Crippen LogP contribution in [-0.2, 0) is 11.3 Å². The number of hydrogen-bond donors (Lipinski definition) is 1. The maximum Gasteiger partial charge on any atom is 0.0991 e. The number of rotatable bonds is 5. The van der Waals surface area contributed by atoms with Crippen LogP contribution in [-0.4, -0.2) is 28.8 Å². The van der Waals surface area contributed by atoms with Gasteiger partial charge in [-0.25, -0.2) is 4.98 Å². The Morgan fingerprint density at radius 3 is 2.85 bits per heavy atom. The number of ether oxygens (including phenoxy) is 1. The number of imidazole rings is 1. The predicted octanol–water partition coefficient (Wildman–Crippen LogP) is 2.53. The van der Waals surface area contributed by atoms with Crippen LogP contribution < -0.4 is 5.32 Å². The Morgan fingerprint density at radius 1 is 1.25 bits per heavy atom. The van der Waals surface area contributed by atoms with E-state index < -0.39 is 0 Å². The lowest BCUT2D eigenvalue weighted by atomic mass is 10.1. The van der Waals surface area contributed by atoms with Gasteiger partial charge in [-0.2, -0.15) is 0 Å². The summed E-state index contributed by atoms with van der Waals surface area (Å²) >= 11 is 0. The van der Waals surface area contributed by atoms with Gasteiger partial charge in [0.1, 0.15) is 0 Å². The van der Waals surface area contributed by atoms with Gasteiger partial charge >= 0.3 is 0 Å². The topological polar surface area (TPSA) is 39.1 Å². The van der Waals surface area contributed by atoms with E-state index in [1.807, 2.05) is 17.1 Å². The average Bonchev–Trinajstić information content (AvgIpc) is 3.03. The molecule has 1 aromatic heterocycles. The van der Waals surface area contributed by atoms with Crippen molar-refractivity contribution in [2.75, 3.05) is 13.2 Å². The van der Waals surface area contributed by atoms with Gasteiger partial charge in [-0.05, 0) is 37.0 Å². The summed E-state index contributed by atoms with van der Waals surface area (Å²) in [6.45, 7) is 2.76. The van der Waals surface area contributed by atoms with E-state index in [4.69, 9.17) is 4.74 Å². The number of nitrogens with zero attached hydrogens (tertiary/aromatic N) is 2. The van der Waals surface area contributed by atoms with Crippen molar-refractivity contribution < 1.29 is 4.74 Å². The Bertz CT molecular complexity index is 501. The third kappa shape index (κ3) is 3.46. The molecular weight excluding hydrogens is 250 g/mol. The van der Waals surface area contributed by atoms with Crippen molar-refractivity contribution >= 4 is 0 Å².